The quantitative estimate of drug-likeness (QED) is 0.0262. The number of carbonyl (C=O) groups is 3. The lowest BCUT2D eigenvalue weighted by molar-refractivity contribution is -0.167. The van der Waals surface area contributed by atoms with Gasteiger partial charge in [-0.15, -0.1) is 0 Å². The highest BCUT2D eigenvalue weighted by molar-refractivity contribution is 5.71. The zero-order valence-electron chi connectivity index (χ0n) is 44.9. The van der Waals surface area contributed by atoms with Crippen molar-refractivity contribution in [2.75, 3.05) is 13.2 Å². The molecule has 0 spiro atoms. The van der Waals surface area contributed by atoms with Crippen molar-refractivity contribution in [2.45, 2.75) is 322 Å². The van der Waals surface area contributed by atoms with Gasteiger partial charge in [0, 0.05) is 19.3 Å². The summed E-state index contributed by atoms with van der Waals surface area (Å²) in [7, 11) is 0. The van der Waals surface area contributed by atoms with Crippen LogP contribution in [0.5, 0.6) is 0 Å². The number of ether oxygens (including phenoxy) is 3. The molecule has 0 aliphatic carbocycles. The van der Waals surface area contributed by atoms with E-state index in [2.05, 4.69) is 57.2 Å². The first-order valence-corrected chi connectivity index (χ1v) is 29.5. The van der Waals surface area contributed by atoms with Gasteiger partial charge in [0.15, 0.2) is 6.10 Å². The van der Waals surface area contributed by atoms with Gasteiger partial charge in [-0.1, -0.05) is 263 Å². The molecule has 6 nitrogen and oxygen atoms in total. The maximum atomic E-state index is 12.7. The smallest absolute Gasteiger partial charge is 0.306 e. The third kappa shape index (κ3) is 54.4. The molecule has 6 heteroatoms. The van der Waals surface area contributed by atoms with Crippen molar-refractivity contribution in [2.24, 2.45) is 0 Å². The second-order valence-corrected chi connectivity index (χ2v) is 19.9. The number of unbranched alkanes of at least 4 members (excludes halogenated alkanes) is 37. The van der Waals surface area contributed by atoms with Crippen molar-refractivity contribution < 1.29 is 28.6 Å². The Morgan fingerprint density at radius 3 is 0.881 bits per heavy atom. The van der Waals surface area contributed by atoms with Crippen LogP contribution in [0.2, 0.25) is 0 Å². The Kier molecular flexibility index (Phi) is 54.2. The molecule has 0 radical (unpaired) electrons. The number of carbonyl (C=O) groups excluding carboxylic acids is 3. The fourth-order valence-corrected chi connectivity index (χ4v) is 8.63. The first-order chi connectivity index (χ1) is 33.0. The van der Waals surface area contributed by atoms with E-state index in [1.807, 2.05) is 0 Å². The molecule has 0 aromatic rings. The van der Waals surface area contributed by atoms with Crippen molar-refractivity contribution in [1.82, 2.24) is 0 Å². The van der Waals surface area contributed by atoms with E-state index in [1.54, 1.807) is 0 Å². The fraction of sp³-hybridized carbons (Fsp3) is 0.852. The number of esters is 3. The monoisotopic (exact) mass is 941 g/mol. The lowest BCUT2D eigenvalue weighted by atomic mass is 10.0. The summed E-state index contributed by atoms with van der Waals surface area (Å²) in [6, 6.07) is 0. The van der Waals surface area contributed by atoms with Crippen LogP contribution in [0.3, 0.4) is 0 Å². The minimum Gasteiger partial charge on any atom is -0.462 e. The summed E-state index contributed by atoms with van der Waals surface area (Å²) in [6.07, 6.45) is 67.9. The van der Waals surface area contributed by atoms with Gasteiger partial charge in [0.05, 0.1) is 0 Å². The molecule has 0 saturated carbocycles. The first-order valence-electron chi connectivity index (χ1n) is 29.5. The van der Waals surface area contributed by atoms with Crippen LogP contribution in [0.25, 0.3) is 0 Å². The molecule has 0 rings (SSSR count). The lowest BCUT2D eigenvalue weighted by Crippen LogP contribution is -2.30. The van der Waals surface area contributed by atoms with Crippen LogP contribution < -0.4 is 0 Å². The van der Waals surface area contributed by atoms with E-state index in [9.17, 15) is 14.4 Å². The first kappa shape index (κ1) is 64.6. The van der Waals surface area contributed by atoms with Crippen LogP contribution in [-0.4, -0.2) is 37.2 Å². The van der Waals surface area contributed by atoms with E-state index in [0.717, 1.165) is 77.0 Å². The topological polar surface area (TPSA) is 78.9 Å². The number of rotatable bonds is 54. The third-order valence-corrected chi connectivity index (χ3v) is 13.1. The second-order valence-electron chi connectivity index (χ2n) is 19.9. The molecular weight excluding hydrogens is 829 g/mol. The van der Waals surface area contributed by atoms with Gasteiger partial charge in [-0.05, 0) is 70.6 Å². The number of allylic oxidation sites excluding steroid dienone is 6. The summed E-state index contributed by atoms with van der Waals surface area (Å²) in [5.41, 5.74) is 0. The molecule has 0 fully saturated rings. The highest BCUT2D eigenvalue weighted by Gasteiger charge is 2.19. The minimum absolute atomic E-state index is 0.0721. The molecule has 0 amide bonds. The normalized spacial score (nSPS) is 12.2. The number of hydrogen-bond donors (Lipinski definition) is 0. The van der Waals surface area contributed by atoms with E-state index in [4.69, 9.17) is 14.2 Å². The van der Waals surface area contributed by atoms with Crippen molar-refractivity contribution in [3.8, 4) is 0 Å². The van der Waals surface area contributed by atoms with Crippen molar-refractivity contribution in [1.29, 1.82) is 0 Å². The predicted octanol–water partition coefficient (Wildman–Crippen LogP) is 19.7. The van der Waals surface area contributed by atoms with Crippen LogP contribution in [0.4, 0.5) is 0 Å². The average Bonchev–Trinajstić information content (AvgIpc) is 3.33. The van der Waals surface area contributed by atoms with Crippen LogP contribution in [-0.2, 0) is 28.6 Å². The van der Waals surface area contributed by atoms with E-state index in [1.165, 1.54) is 199 Å². The number of hydrogen-bond acceptors (Lipinski definition) is 6. The van der Waals surface area contributed by atoms with E-state index in [-0.39, 0.29) is 31.1 Å². The molecule has 0 aromatic heterocycles. The third-order valence-electron chi connectivity index (χ3n) is 13.1. The molecule has 1 atom stereocenters. The summed E-state index contributed by atoms with van der Waals surface area (Å²) in [5.74, 6) is -0.885. The van der Waals surface area contributed by atoms with E-state index >= 15 is 0 Å². The Morgan fingerprint density at radius 2 is 0.552 bits per heavy atom. The summed E-state index contributed by atoms with van der Waals surface area (Å²) >= 11 is 0. The second kappa shape index (κ2) is 56.2. The predicted molar refractivity (Wildman–Crippen MR) is 289 cm³/mol. The molecular formula is C61H112O6. The molecule has 1 unspecified atom stereocenters. The van der Waals surface area contributed by atoms with Gasteiger partial charge in [-0.25, -0.2) is 0 Å². The molecule has 0 N–H and O–H groups in total. The van der Waals surface area contributed by atoms with Gasteiger partial charge >= 0.3 is 17.9 Å². The summed E-state index contributed by atoms with van der Waals surface area (Å²) in [4.78, 5) is 37.6. The maximum absolute atomic E-state index is 12.7. The van der Waals surface area contributed by atoms with Crippen molar-refractivity contribution in [3.63, 3.8) is 0 Å². The molecule has 0 saturated heterocycles. The Hall–Kier alpha value is -2.37. The standard InChI is InChI=1S/C61H112O6/c1-4-7-10-13-15-17-19-20-21-22-23-24-25-26-27-28-29-30-31-32-33-34-35-36-37-38-39-40-42-43-45-48-51-54-60(63)66-57-58(56-65-59(62)53-50-47-12-9-6-3)67-61(64)55-52-49-46-44-41-18-16-14-11-8-5-2/h14,16,19-20,22-23,58H,4-13,15,17-18,21,24-57H2,1-3H3/b16-14-,20-19-,23-22-. The Labute approximate surface area is 416 Å². The highest BCUT2D eigenvalue weighted by atomic mass is 16.6. The Bertz CT molecular complexity index is 1130. The summed E-state index contributed by atoms with van der Waals surface area (Å²) < 4.78 is 16.7. The lowest BCUT2D eigenvalue weighted by Gasteiger charge is -2.18. The minimum atomic E-state index is -0.768. The van der Waals surface area contributed by atoms with Gasteiger partial charge in [0.25, 0.3) is 0 Å². The molecule has 0 aromatic carbocycles. The molecule has 392 valence electrons. The SMILES string of the molecule is CCCC/C=C\CCCCCCCC(=O)OC(COC(=O)CCCCCCC)COC(=O)CCCCCCCCCCCCCCCCCCCCCCC/C=C\C/C=C\CCCCCCC. The van der Waals surface area contributed by atoms with E-state index in [0.29, 0.717) is 19.3 Å². The fourth-order valence-electron chi connectivity index (χ4n) is 8.63. The largest absolute Gasteiger partial charge is 0.462 e. The van der Waals surface area contributed by atoms with Gasteiger partial charge in [0.2, 0.25) is 0 Å². The zero-order chi connectivity index (χ0) is 48.6. The van der Waals surface area contributed by atoms with Crippen LogP contribution in [0.15, 0.2) is 36.5 Å². The summed E-state index contributed by atoms with van der Waals surface area (Å²) in [6.45, 7) is 6.52. The van der Waals surface area contributed by atoms with Crippen molar-refractivity contribution >= 4 is 17.9 Å². The highest BCUT2D eigenvalue weighted by Crippen LogP contribution is 2.17. The van der Waals surface area contributed by atoms with E-state index < -0.39 is 6.10 Å². The maximum Gasteiger partial charge on any atom is 0.306 e. The Morgan fingerprint density at radius 1 is 0.299 bits per heavy atom. The average molecular weight is 942 g/mol. The Balaban J connectivity index is 3.83. The molecule has 0 bridgehead atoms. The van der Waals surface area contributed by atoms with Crippen LogP contribution >= 0.6 is 0 Å². The van der Waals surface area contributed by atoms with Gasteiger partial charge < -0.3 is 14.2 Å². The van der Waals surface area contributed by atoms with Gasteiger partial charge in [-0.2, -0.15) is 0 Å². The molecule has 0 aliphatic rings. The molecule has 0 heterocycles. The molecule has 0 aliphatic heterocycles. The van der Waals surface area contributed by atoms with Gasteiger partial charge in [0.1, 0.15) is 13.2 Å². The zero-order valence-corrected chi connectivity index (χ0v) is 44.9. The van der Waals surface area contributed by atoms with Crippen LogP contribution in [0, 0.1) is 0 Å². The van der Waals surface area contributed by atoms with Crippen molar-refractivity contribution in [3.05, 3.63) is 36.5 Å². The van der Waals surface area contributed by atoms with Gasteiger partial charge in [-0.3, -0.25) is 14.4 Å². The molecule has 67 heavy (non-hydrogen) atoms. The van der Waals surface area contributed by atoms with Crippen LogP contribution in [0.1, 0.15) is 316 Å². The summed E-state index contributed by atoms with van der Waals surface area (Å²) in [5, 5.41) is 0.